The van der Waals surface area contributed by atoms with Crippen molar-refractivity contribution in [1.29, 1.82) is 0 Å². The van der Waals surface area contributed by atoms with Gasteiger partial charge in [0, 0.05) is 28.7 Å². The molecule has 0 saturated carbocycles. The van der Waals surface area contributed by atoms with Crippen molar-refractivity contribution in [3.63, 3.8) is 0 Å². The molecule has 8 heteroatoms. The first-order chi connectivity index (χ1) is 13.6. The Hall–Kier alpha value is -3.32. The highest BCUT2D eigenvalue weighted by Crippen LogP contribution is 2.22. The molecule has 0 aliphatic heterocycles. The summed E-state index contributed by atoms with van der Waals surface area (Å²) in [5.74, 6) is -0.208. The maximum atomic E-state index is 13.1. The monoisotopic (exact) mass is 396 g/mol. The van der Waals surface area contributed by atoms with Crippen LogP contribution in [0.4, 0.5) is 4.39 Å². The van der Waals surface area contributed by atoms with Crippen molar-refractivity contribution in [3.05, 3.63) is 77.0 Å². The minimum atomic E-state index is -0.428. The van der Waals surface area contributed by atoms with E-state index in [9.17, 15) is 9.18 Å². The summed E-state index contributed by atoms with van der Waals surface area (Å²) in [6.45, 7) is 0.177. The van der Waals surface area contributed by atoms with E-state index in [1.54, 1.807) is 6.20 Å². The van der Waals surface area contributed by atoms with E-state index in [2.05, 4.69) is 20.5 Å². The van der Waals surface area contributed by atoms with Gasteiger partial charge in [0.2, 0.25) is 17.7 Å². The summed E-state index contributed by atoms with van der Waals surface area (Å²) in [6, 6.07) is 13.4. The fraction of sp³-hybridized carbons (Fsp3) is 0.100. The summed E-state index contributed by atoms with van der Waals surface area (Å²) in [5.41, 5.74) is 2.23. The molecule has 4 rings (SSSR count). The predicted octanol–water partition coefficient (Wildman–Crippen LogP) is 3.94. The van der Waals surface area contributed by atoms with Crippen molar-refractivity contribution in [2.24, 2.45) is 0 Å². The van der Waals surface area contributed by atoms with Crippen molar-refractivity contribution in [1.82, 2.24) is 20.5 Å². The maximum absolute atomic E-state index is 13.1. The number of fused-ring (bicyclic) bond motifs is 1. The third kappa shape index (κ3) is 3.99. The number of nitrogens with zero attached hydrogens (tertiary/aromatic N) is 3. The molecular weight excluding hydrogens is 383 g/mol. The summed E-state index contributed by atoms with van der Waals surface area (Å²) in [6.07, 6.45) is 1.66. The van der Waals surface area contributed by atoms with Crippen LogP contribution in [0.5, 0.6) is 0 Å². The Kier molecular flexibility index (Phi) is 4.99. The van der Waals surface area contributed by atoms with Crippen LogP contribution in [0, 0.1) is 5.82 Å². The Balaban J connectivity index is 1.41. The molecule has 6 nitrogen and oxygen atoms in total. The Morgan fingerprint density at radius 3 is 2.89 bits per heavy atom. The van der Waals surface area contributed by atoms with E-state index < -0.39 is 5.82 Å². The number of carbonyl (C=O) groups excluding carboxylic acids is 1. The smallest absolute Gasteiger partial charge is 0.247 e. The van der Waals surface area contributed by atoms with Gasteiger partial charge in [-0.25, -0.2) is 4.39 Å². The van der Waals surface area contributed by atoms with Crippen molar-refractivity contribution >= 4 is 28.4 Å². The number of pyridine rings is 1. The molecule has 28 heavy (non-hydrogen) atoms. The molecule has 0 spiro atoms. The van der Waals surface area contributed by atoms with Gasteiger partial charge in [-0.15, -0.1) is 10.2 Å². The number of benzene rings is 2. The number of hydrogen-bond acceptors (Lipinski definition) is 5. The number of aromatic nitrogens is 3. The van der Waals surface area contributed by atoms with Crippen molar-refractivity contribution < 1.29 is 13.6 Å². The van der Waals surface area contributed by atoms with E-state index >= 15 is 0 Å². The number of halogens is 2. The zero-order chi connectivity index (χ0) is 19.5. The Morgan fingerprint density at radius 2 is 2.04 bits per heavy atom. The summed E-state index contributed by atoms with van der Waals surface area (Å²) < 4.78 is 18.7. The topological polar surface area (TPSA) is 80.9 Å². The van der Waals surface area contributed by atoms with Crippen LogP contribution in [0.25, 0.3) is 22.4 Å². The molecule has 2 heterocycles. The third-order valence-electron chi connectivity index (χ3n) is 4.12. The number of nitrogens with one attached hydrogen (secondary N) is 1. The molecule has 0 radical (unpaired) electrons. The molecule has 2 aromatic carbocycles. The Morgan fingerprint density at radius 1 is 1.14 bits per heavy atom. The first-order valence-corrected chi connectivity index (χ1v) is 8.84. The second-order valence-electron chi connectivity index (χ2n) is 6.10. The number of hydrogen-bond donors (Lipinski definition) is 1. The van der Waals surface area contributed by atoms with Crippen LogP contribution in [0.2, 0.25) is 5.02 Å². The van der Waals surface area contributed by atoms with Gasteiger partial charge >= 0.3 is 0 Å². The van der Waals surface area contributed by atoms with E-state index in [1.807, 2.05) is 30.3 Å². The number of amides is 1. The van der Waals surface area contributed by atoms with Crippen molar-refractivity contribution in [2.75, 3.05) is 0 Å². The Bertz CT molecular complexity index is 1160. The van der Waals surface area contributed by atoms with Gasteiger partial charge in [0.15, 0.2) is 0 Å². The molecule has 2 aromatic heterocycles. The highest BCUT2D eigenvalue weighted by atomic mass is 35.5. The van der Waals surface area contributed by atoms with E-state index in [0.717, 1.165) is 16.5 Å². The molecule has 0 aliphatic carbocycles. The van der Waals surface area contributed by atoms with Crippen LogP contribution in [0.1, 0.15) is 11.5 Å². The normalized spacial score (nSPS) is 10.9. The predicted molar refractivity (Wildman–Crippen MR) is 102 cm³/mol. The van der Waals surface area contributed by atoms with Gasteiger partial charge in [0.1, 0.15) is 12.2 Å². The van der Waals surface area contributed by atoms with Crippen LogP contribution in [-0.4, -0.2) is 21.1 Å². The van der Waals surface area contributed by atoms with Gasteiger partial charge in [0.25, 0.3) is 0 Å². The number of carbonyl (C=O) groups is 1. The molecule has 140 valence electrons. The van der Waals surface area contributed by atoms with Crippen LogP contribution < -0.4 is 5.32 Å². The number of rotatable bonds is 5. The second-order valence-corrected chi connectivity index (χ2v) is 6.51. The summed E-state index contributed by atoms with van der Waals surface area (Å²) in [5, 5.41) is 11.8. The molecule has 0 fully saturated rings. The van der Waals surface area contributed by atoms with Gasteiger partial charge < -0.3 is 9.73 Å². The molecule has 1 N–H and O–H groups in total. The SMILES string of the molecule is O=C(Cc1nnc(-c2ccc3ncccc3c2)o1)NCc1ccc(F)cc1Cl. The highest BCUT2D eigenvalue weighted by molar-refractivity contribution is 6.31. The zero-order valence-corrected chi connectivity index (χ0v) is 15.3. The molecule has 0 saturated heterocycles. The van der Waals surface area contributed by atoms with Gasteiger partial charge in [-0.05, 0) is 42.0 Å². The quantitative estimate of drug-likeness (QED) is 0.552. The van der Waals surface area contributed by atoms with Crippen LogP contribution in [0.3, 0.4) is 0 Å². The fourth-order valence-corrected chi connectivity index (χ4v) is 2.94. The van der Waals surface area contributed by atoms with Gasteiger partial charge in [-0.1, -0.05) is 23.7 Å². The largest absolute Gasteiger partial charge is 0.420 e. The molecule has 0 unspecified atom stereocenters. The average Bonchev–Trinajstić information content (AvgIpc) is 3.15. The minimum absolute atomic E-state index is 0.0685. The van der Waals surface area contributed by atoms with Crippen LogP contribution in [-0.2, 0) is 17.8 Å². The zero-order valence-electron chi connectivity index (χ0n) is 14.5. The molecule has 0 aliphatic rings. The van der Waals surface area contributed by atoms with Crippen molar-refractivity contribution in [3.8, 4) is 11.5 Å². The minimum Gasteiger partial charge on any atom is -0.420 e. The fourth-order valence-electron chi connectivity index (χ4n) is 2.71. The molecule has 0 bridgehead atoms. The molecule has 1 amide bonds. The summed E-state index contributed by atoms with van der Waals surface area (Å²) in [7, 11) is 0. The average molecular weight is 397 g/mol. The standard InChI is InChI=1S/C20H14ClFN4O2/c21-16-9-15(22)5-3-14(16)11-24-18(27)10-19-25-26-20(28-19)13-4-6-17-12(8-13)2-1-7-23-17/h1-9H,10-11H2,(H,24,27). The lowest BCUT2D eigenvalue weighted by Crippen LogP contribution is -2.24. The third-order valence-corrected chi connectivity index (χ3v) is 4.47. The summed E-state index contributed by atoms with van der Waals surface area (Å²) >= 11 is 5.95. The Labute approximate surface area is 164 Å². The lowest BCUT2D eigenvalue weighted by atomic mass is 10.1. The van der Waals surface area contributed by atoms with Gasteiger partial charge in [-0.2, -0.15) is 0 Å². The first-order valence-electron chi connectivity index (χ1n) is 8.46. The van der Waals surface area contributed by atoms with Crippen LogP contribution in [0.15, 0.2) is 59.1 Å². The second kappa shape index (κ2) is 7.74. The van der Waals surface area contributed by atoms with Crippen molar-refractivity contribution in [2.45, 2.75) is 13.0 Å². The van der Waals surface area contributed by atoms with Gasteiger partial charge in [-0.3, -0.25) is 9.78 Å². The molecular formula is C20H14ClFN4O2. The highest BCUT2D eigenvalue weighted by Gasteiger charge is 2.13. The maximum Gasteiger partial charge on any atom is 0.247 e. The lowest BCUT2D eigenvalue weighted by molar-refractivity contribution is -0.120. The first kappa shape index (κ1) is 18.1. The van der Waals surface area contributed by atoms with E-state index in [1.165, 1.54) is 18.2 Å². The lowest BCUT2D eigenvalue weighted by Gasteiger charge is -2.06. The molecule has 0 atom stereocenters. The summed E-state index contributed by atoms with van der Waals surface area (Å²) in [4.78, 5) is 16.4. The van der Waals surface area contributed by atoms with E-state index in [-0.39, 0.29) is 29.8 Å². The van der Waals surface area contributed by atoms with Gasteiger partial charge in [0.05, 0.1) is 5.52 Å². The van der Waals surface area contributed by atoms with Crippen LogP contribution >= 0.6 is 11.6 Å². The van der Waals surface area contributed by atoms with E-state index in [0.29, 0.717) is 11.5 Å². The van der Waals surface area contributed by atoms with E-state index in [4.69, 9.17) is 16.0 Å². The molecule has 4 aromatic rings.